The zero-order valence-electron chi connectivity index (χ0n) is 13.8. The molecule has 1 aromatic carbocycles. The summed E-state index contributed by atoms with van der Waals surface area (Å²) in [5.74, 6) is -0.837. The second kappa shape index (κ2) is 6.76. The number of amides is 2. The number of carbonyl (C=O) groups excluding carboxylic acids is 3. The van der Waals surface area contributed by atoms with Crippen LogP contribution in [0.4, 0.5) is 5.69 Å². The highest BCUT2D eigenvalue weighted by Gasteiger charge is 2.37. The highest BCUT2D eigenvalue weighted by molar-refractivity contribution is 6.03. The van der Waals surface area contributed by atoms with Crippen LogP contribution in [0, 0.1) is 12.8 Å². The third kappa shape index (κ3) is 3.37. The molecular formula is C17H17N3O5. The number of aryl methyl sites for hydroxylation is 1. The number of nitrogens with zero attached hydrogens (tertiary/aromatic N) is 2. The fraction of sp³-hybridized carbons (Fsp3) is 0.294. The van der Waals surface area contributed by atoms with Crippen molar-refractivity contribution in [2.75, 3.05) is 25.5 Å². The Morgan fingerprint density at radius 1 is 1.28 bits per heavy atom. The number of likely N-dealkylation sites (tertiary alicyclic amines) is 1. The van der Waals surface area contributed by atoms with Gasteiger partial charge >= 0.3 is 5.97 Å². The number of hydrogen-bond donors (Lipinski definition) is 1. The van der Waals surface area contributed by atoms with Gasteiger partial charge in [0.1, 0.15) is 5.76 Å². The van der Waals surface area contributed by atoms with Gasteiger partial charge in [-0.15, -0.1) is 0 Å². The maximum Gasteiger partial charge on any atom is 0.339 e. The molecule has 0 unspecified atom stereocenters. The second-order valence-electron chi connectivity index (χ2n) is 5.76. The molecule has 0 saturated carbocycles. The van der Waals surface area contributed by atoms with Gasteiger partial charge in [0.05, 0.1) is 24.3 Å². The molecule has 25 heavy (non-hydrogen) atoms. The Hall–Kier alpha value is -3.16. The number of ether oxygens (including phenoxy) is 1. The number of anilines is 1. The van der Waals surface area contributed by atoms with Crippen LogP contribution in [0.3, 0.4) is 0 Å². The van der Waals surface area contributed by atoms with Gasteiger partial charge in [-0.25, -0.2) is 4.79 Å². The van der Waals surface area contributed by atoms with Crippen molar-refractivity contribution in [3.05, 3.63) is 47.3 Å². The lowest BCUT2D eigenvalue weighted by Crippen LogP contribution is -2.54. The molecule has 1 aromatic heterocycles. The number of hydrogen-bond acceptors (Lipinski definition) is 6. The summed E-state index contributed by atoms with van der Waals surface area (Å²) >= 11 is 0. The van der Waals surface area contributed by atoms with Crippen LogP contribution in [0.15, 0.2) is 34.9 Å². The number of nitrogens with one attached hydrogen (secondary N) is 1. The first kappa shape index (κ1) is 16.7. The van der Waals surface area contributed by atoms with E-state index in [1.165, 1.54) is 12.0 Å². The van der Waals surface area contributed by atoms with E-state index in [-0.39, 0.29) is 42.1 Å². The minimum Gasteiger partial charge on any atom is -0.465 e. The van der Waals surface area contributed by atoms with Crippen LogP contribution in [-0.2, 0) is 9.53 Å². The first-order valence-corrected chi connectivity index (χ1v) is 7.70. The average Bonchev–Trinajstić information content (AvgIpc) is 2.99. The van der Waals surface area contributed by atoms with Crippen LogP contribution in [0.25, 0.3) is 0 Å². The molecule has 0 atom stereocenters. The van der Waals surface area contributed by atoms with E-state index in [1.54, 1.807) is 37.3 Å². The molecule has 0 radical (unpaired) electrons. The van der Waals surface area contributed by atoms with Gasteiger partial charge in [-0.3, -0.25) is 9.59 Å². The van der Waals surface area contributed by atoms with Crippen LogP contribution in [-0.4, -0.2) is 48.0 Å². The standard InChI is InChI=1S/C17H17N3O5/c1-10-7-14(19-25-10)16(22)20-8-11(9-20)15(21)18-13-6-4-3-5-12(13)17(23)24-2/h3-7,11H,8-9H2,1-2H3,(H,18,21). The largest absolute Gasteiger partial charge is 0.465 e. The third-order valence-electron chi connectivity index (χ3n) is 3.98. The van der Waals surface area contributed by atoms with Gasteiger partial charge < -0.3 is 19.5 Å². The van der Waals surface area contributed by atoms with E-state index in [0.717, 1.165) is 0 Å². The topological polar surface area (TPSA) is 102 Å². The molecule has 2 aromatic rings. The van der Waals surface area contributed by atoms with Gasteiger partial charge in [0, 0.05) is 19.2 Å². The SMILES string of the molecule is COC(=O)c1ccccc1NC(=O)C1CN(C(=O)c2cc(C)on2)C1. The molecule has 0 aliphatic carbocycles. The lowest BCUT2D eigenvalue weighted by atomic mass is 9.98. The summed E-state index contributed by atoms with van der Waals surface area (Å²) < 4.78 is 9.58. The number of methoxy groups -OCH3 is 1. The molecule has 0 bridgehead atoms. The van der Waals surface area contributed by atoms with Crippen molar-refractivity contribution in [1.29, 1.82) is 0 Å². The molecule has 8 heteroatoms. The monoisotopic (exact) mass is 343 g/mol. The Balaban J connectivity index is 1.60. The fourth-order valence-corrected chi connectivity index (χ4v) is 2.55. The predicted octanol–water partition coefficient (Wildman–Crippen LogP) is 1.48. The number of carbonyl (C=O) groups is 3. The minimum absolute atomic E-state index is 0.229. The zero-order valence-corrected chi connectivity index (χ0v) is 13.8. The Morgan fingerprint density at radius 2 is 2.00 bits per heavy atom. The van der Waals surface area contributed by atoms with Gasteiger partial charge in [-0.05, 0) is 19.1 Å². The van der Waals surface area contributed by atoms with Crippen molar-refractivity contribution in [3.63, 3.8) is 0 Å². The maximum atomic E-state index is 12.3. The quantitative estimate of drug-likeness (QED) is 0.844. The van der Waals surface area contributed by atoms with E-state index in [4.69, 9.17) is 9.26 Å². The molecule has 1 aliphatic heterocycles. The lowest BCUT2D eigenvalue weighted by molar-refractivity contribution is -0.123. The van der Waals surface area contributed by atoms with E-state index >= 15 is 0 Å². The van der Waals surface area contributed by atoms with Crippen LogP contribution in [0.2, 0.25) is 0 Å². The van der Waals surface area contributed by atoms with Gasteiger partial charge in [0.15, 0.2) is 5.69 Å². The minimum atomic E-state index is -0.525. The van der Waals surface area contributed by atoms with E-state index in [9.17, 15) is 14.4 Å². The molecular weight excluding hydrogens is 326 g/mol. The second-order valence-corrected chi connectivity index (χ2v) is 5.76. The van der Waals surface area contributed by atoms with E-state index in [0.29, 0.717) is 11.4 Å². The summed E-state index contributed by atoms with van der Waals surface area (Å²) in [4.78, 5) is 37.7. The molecule has 2 heterocycles. The lowest BCUT2D eigenvalue weighted by Gasteiger charge is -2.37. The van der Waals surface area contributed by atoms with Crippen molar-refractivity contribution in [2.24, 2.45) is 5.92 Å². The summed E-state index contributed by atoms with van der Waals surface area (Å²) in [5, 5.41) is 6.40. The van der Waals surface area contributed by atoms with Gasteiger partial charge in [-0.2, -0.15) is 0 Å². The Kier molecular flexibility index (Phi) is 4.51. The fourth-order valence-electron chi connectivity index (χ4n) is 2.55. The Labute approximate surface area is 143 Å². The normalized spacial score (nSPS) is 13.9. The van der Waals surface area contributed by atoms with Crippen molar-refractivity contribution in [2.45, 2.75) is 6.92 Å². The molecule has 1 N–H and O–H groups in total. The number of esters is 1. The number of benzene rings is 1. The van der Waals surface area contributed by atoms with Gasteiger partial charge in [-0.1, -0.05) is 17.3 Å². The first-order valence-electron chi connectivity index (χ1n) is 7.70. The van der Waals surface area contributed by atoms with E-state index in [1.807, 2.05) is 0 Å². The zero-order chi connectivity index (χ0) is 18.0. The van der Waals surface area contributed by atoms with Crippen LogP contribution in [0.5, 0.6) is 0 Å². The van der Waals surface area contributed by atoms with Crippen LogP contribution < -0.4 is 5.32 Å². The molecule has 3 rings (SSSR count). The summed E-state index contributed by atoms with van der Waals surface area (Å²) in [6.45, 7) is 2.28. The van der Waals surface area contributed by atoms with E-state index < -0.39 is 5.97 Å². The average molecular weight is 343 g/mol. The number of rotatable bonds is 4. The van der Waals surface area contributed by atoms with E-state index in [2.05, 4.69) is 10.5 Å². The third-order valence-corrected chi connectivity index (χ3v) is 3.98. The molecule has 1 aliphatic rings. The highest BCUT2D eigenvalue weighted by atomic mass is 16.5. The summed E-state index contributed by atoms with van der Waals surface area (Å²) in [6, 6.07) is 8.16. The molecule has 1 fully saturated rings. The number of para-hydroxylation sites is 1. The number of aromatic nitrogens is 1. The summed E-state index contributed by atoms with van der Waals surface area (Å²) in [6.07, 6.45) is 0. The molecule has 8 nitrogen and oxygen atoms in total. The molecule has 2 amide bonds. The van der Waals surface area contributed by atoms with Crippen molar-refractivity contribution >= 4 is 23.5 Å². The molecule has 1 saturated heterocycles. The Morgan fingerprint density at radius 3 is 2.64 bits per heavy atom. The van der Waals surface area contributed by atoms with Crippen molar-refractivity contribution in [3.8, 4) is 0 Å². The van der Waals surface area contributed by atoms with Gasteiger partial charge in [0.25, 0.3) is 5.91 Å². The van der Waals surface area contributed by atoms with Crippen LogP contribution in [0.1, 0.15) is 26.6 Å². The summed E-state index contributed by atoms with van der Waals surface area (Å²) in [5.41, 5.74) is 0.896. The van der Waals surface area contributed by atoms with Gasteiger partial charge in [0.2, 0.25) is 5.91 Å². The van der Waals surface area contributed by atoms with Crippen LogP contribution >= 0.6 is 0 Å². The first-order chi connectivity index (χ1) is 12.0. The Bertz CT molecular complexity index is 823. The smallest absolute Gasteiger partial charge is 0.339 e. The molecule has 130 valence electrons. The maximum absolute atomic E-state index is 12.3. The van der Waals surface area contributed by atoms with Crippen molar-refractivity contribution < 1.29 is 23.6 Å². The highest BCUT2D eigenvalue weighted by Crippen LogP contribution is 2.22. The molecule has 0 spiro atoms. The van der Waals surface area contributed by atoms with Crippen molar-refractivity contribution in [1.82, 2.24) is 10.1 Å². The summed E-state index contributed by atoms with van der Waals surface area (Å²) in [7, 11) is 1.28. The predicted molar refractivity (Wildman–Crippen MR) is 87.0 cm³/mol.